The lowest BCUT2D eigenvalue weighted by Crippen LogP contribution is -2.39. The fourth-order valence-corrected chi connectivity index (χ4v) is 2.73. The van der Waals surface area contributed by atoms with Gasteiger partial charge < -0.3 is 10.2 Å². The second-order valence-corrected chi connectivity index (χ2v) is 5.72. The lowest BCUT2D eigenvalue weighted by Gasteiger charge is -2.23. The summed E-state index contributed by atoms with van der Waals surface area (Å²) < 4.78 is 36.3. The second-order valence-electron chi connectivity index (χ2n) is 5.72. The molecule has 1 aromatic rings. The highest BCUT2D eigenvalue weighted by molar-refractivity contribution is 6.05. The Labute approximate surface area is 132 Å². The van der Waals surface area contributed by atoms with Crippen LogP contribution in [0.25, 0.3) is 0 Å². The molecule has 2 rings (SSSR count). The third-order valence-electron chi connectivity index (χ3n) is 3.88. The number of benzene rings is 1. The third kappa shape index (κ3) is 4.71. The summed E-state index contributed by atoms with van der Waals surface area (Å²) in [5.74, 6) is -1.10. The molecule has 0 saturated carbocycles. The van der Waals surface area contributed by atoms with Crippen LogP contribution in [0.3, 0.4) is 0 Å². The van der Waals surface area contributed by atoms with Gasteiger partial charge in [0.05, 0.1) is 0 Å². The highest BCUT2D eigenvalue weighted by Gasteiger charge is 2.29. The number of amides is 2. The maximum absolute atomic E-state index is 12.3. The summed E-state index contributed by atoms with van der Waals surface area (Å²) in [6.07, 6.45) is -3.37. The number of fused-ring (bicyclic) bond motifs is 1. The molecule has 4 nitrogen and oxygen atoms in total. The van der Waals surface area contributed by atoms with E-state index >= 15 is 0 Å². The van der Waals surface area contributed by atoms with Crippen molar-refractivity contribution in [1.29, 1.82) is 0 Å². The zero-order valence-electron chi connectivity index (χ0n) is 12.8. The van der Waals surface area contributed by atoms with Crippen molar-refractivity contribution in [3.63, 3.8) is 0 Å². The Kier molecular flexibility index (Phi) is 5.28. The molecule has 1 atom stereocenters. The molecule has 0 saturated heterocycles. The van der Waals surface area contributed by atoms with E-state index in [9.17, 15) is 22.8 Å². The summed E-state index contributed by atoms with van der Waals surface area (Å²) in [5, 5.41) is 1.73. The lowest BCUT2D eigenvalue weighted by atomic mass is 9.96. The molecule has 1 heterocycles. The van der Waals surface area contributed by atoms with Crippen LogP contribution in [0.15, 0.2) is 24.3 Å². The molecule has 0 fully saturated rings. The van der Waals surface area contributed by atoms with E-state index in [2.05, 4.69) is 6.92 Å². The topological polar surface area (TPSA) is 49.4 Å². The Morgan fingerprint density at radius 3 is 2.70 bits per heavy atom. The van der Waals surface area contributed by atoms with Crippen LogP contribution in [0.5, 0.6) is 0 Å². The first kappa shape index (κ1) is 17.3. The van der Waals surface area contributed by atoms with Crippen LogP contribution in [0.4, 0.5) is 18.9 Å². The van der Waals surface area contributed by atoms with Gasteiger partial charge in [0.15, 0.2) is 0 Å². The number of para-hydroxylation sites is 1. The van der Waals surface area contributed by atoms with E-state index in [4.69, 9.17) is 0 Å². The van der Waals surface area contributed by atoms with E-state index in [-0.39, 0.29) is 0 Å². The van der Waals surface area contributed by atoms with E-state index in [1.54, 1.807) is 11.4 Å². The summed E-state index contributed by atoms with van der Waals surface area (Å²) in [5.41, 5.74) is 1.76. The van der Waals surface area contributed by atoms with Crippen molar-refractivity contribution in [2.24, 2.45) is 0 Å². The molecular formula is C16H19F3N2O2. The predicted molar refractivity (Wildman–Crippen MR) is 80.1 cm³/mol. The molecule has 0 bridgehead atoms. The normalized spacial score (nSPS) is 18.1. The average molecular weight is 328 g/mol. The first-order valence-corrected chi connectivity index (χ1v) is 7.50. The zero-order valence-corrected chi connectivity index (χ0v) is 12.8. The van der Waals surface area contributed by atoms with Crippen molar-refractivity contribution in [3.05, 3.63) is 29.8 Å². The van der Waals surface area contributed by atoms with Crippen LogP contribution in [0.1, 0.15) is 37.7 Å². The minimum atomic E-state index is -4.48. The summed E-state index contributed by atoms with van der Waals surface area (Å²) in [6.45, 7) is 1.11. The van der Waals surface area contributed by atoms with Crippen LogP contribution in [0, 0.1) is 0 Å². The van der Waals surface area contributed by atoms with Gasteiger partial charge in [-0.05, 0) is 30.4 Å². The molecule has 0 aliphatic carbocycles. The van der Waals surface area contributed by atoms with Gasteiger partial charge in [0, 0.05) is 12.2 Å². The maximum Gasteiger partial charge on any atom is 0.405 e. The number of hydrogen-bond donors (Lipinski definition) is 1. The van der Waals surface area contributed by atoms with Crippen LogP contribution < -0.4 is 10.2 Å². The molecule has 7 heteroatoms. The minimum absolute atomic E-state index is 0.294. The monoisotopic (exact) mass is 328 g/mol. The number of anilines is 1. The smallest absolute Gasteiger partial charge is 0.347 e. The van der Waals surface area contributed by atoms with E-state index in [1.807, 2.05) is 18.2 Å². The highest BCUT2D eigenvalue weighted by Crippen LogP contribution is 2.34. The Morgan fingerprint density at radius 2 is 2.00 bits per heavy atom. The fourth-order valence-electron chi connectivity index (χ4n) is 2.73. The number of carbonyl (C=O) groups excluding carboxylic acids is 2. The standard InChI is InChI=1S/C16H19F3N2O2/c1-11-5-4-8-21(13-7-3-2-6-12(11)13)15(23)9-14(22)20-10-16(17,18)19/h2-3,6-7,11H,4-5,8-10H2,1H3,(H,20,22)/t11-/m1/s1. The molecule has 126 valence electrons. The number of nitrogens with zero attached hydrogens (tertiary/aromatic N) is 1. The van der Waals surface area contributed by atoms with Crippen LogP contribution in [0.2, 0.25) is 0 Å². The van der Waals surface area contributed by atoms with Crippen LogP contribution >= 0.6 is 0 Å². The summed E-state index contributed by atoms with van der Waals surface area (Å²) in [6, 6.07) is 7.44. The number of halogens is 3. The first-order chi connectivity index (χ1) is 10.8. The lowest BCUT2D eigenvalue weighted by molar-refractivity contribution is -0.140. The van der Waals surface area contributed by atoms with Gasteiger partial charge in [-0.1, -0.05) is 25.1 Å². The molecule has 1 N–H and O–H groups in total. The number of rotatable bonds is 3. The van der Waals surface area contributed by atoms with Crippen molar-refractivity contribution < 1.29 is 22.8 Å². The van der Waals surface area contributed by atoms with Gasteiger partial charge in [0.2, 0.25) is 11.8 Å². The van der Waals surface area contributed by atoms with Gasteiger partial charge in [-0.3, -0.25) is 9.59 Å². The van der Waals surface area contributed by atoms with Gasteiger partial charge in [-0.15, -0.1) is 0 Å². The largest absolute Gasteiger partial charge is 0.405 e. The van der Waals surface area contributed by atoms with Gasteiger partial charge in [0.25, 0.3) is 0 Å². The van der Waals surface area contributed by atoms with Crippen molar-refractivity contribution in [2.45, 2.75) is 38.3 Å². The number of carbonyl (C=O) groups is 2. The van der Waals surface area contributed by atoms with Crippen molar-refractivity contribution in [3.8, 4) is 0 Å². The Balaban J connectivity index is 2.07. The van der Waals surface area contributed by atoms with Gasteiger partial charge in [0.1, 0.15) is 13.0 Å². The van der Waals surface area contributed by atoms with Crippen molar-refractivity contribution >= 4 is 17.5 Å². The van der Waals surface area contributed by atoms with Gasteiger partial charge in [-0.25, -0.2) is 0 Å². The van der Waals surface area contributed by atoms with Gasteiger partial charge in [-0.2, -0.15) is 13.2 Å². The Morgan fingerprint density at radius 1 is 1.30 bits per heavy atom. The van der Waals surface area contributed by atoms with E-state index < -0.39 is 31.0 Å². The Hall–Kier alpha value is -2.05. The van der Waals surface area contributed by atoms with Gasteiger partial charge >= 0.3 is 6.18 Å². The third-order valence-corrected chi connectivity index (χ3v) is 3.88. The van der Waals surface area contributed by atoms with E-state index in [0.29, 0.717) is 12.5 Å². The summed E-state index contributed by atoms with van der Waals surface area (Å²) >= 11 is 0. The molecule has 0 unspecified atom stereocenters. The molecule has 0 aromatic heterocycles. The number of alkyl halides is 3. The number of nitrogens with one attached hydrogen (secondary N) is 1. The fraction of sp³-hybridized carbons (Fsp3) is 0.500. The SMILES string of the molecule is C[C@@H]1CCCN(C(=O)CC(=O)NCC(F)(F)F)c2ccccc21. The second kappa shape index (κ2) is 7.02. The molecule has 0 spiro atoms. The molecule has 1 aliphatic heterocycles. The molecule has 23 heavy (non-hydrogen) atoms. The number of hydrogen-bond acceptors (Lipinski definition) is 2. The average Bonchev–Trinajstić information content (AvgIpc) is 2.64. The Bertz CT molecular complexity index is 587. The van der Waals surface area contributed by atoms with Crippen LogP contribution in [-0.4, -0.2) is 31.1 Å². The zero-order chi connectivity index (χ0) is 17.0. The maximum atomic E-state index is 12.3. The molecule has 1 aliphatic rings. The summed E-state index contributed by atoms with van der Waals surface area (Å²) in [4.78, 5) is 25.4. The molecule has 1 aromatic carbocycles. The quantitative estimate of drug-likeness (QED) is 0.867. The predicted octanol–water partition coefficient (Wildman–Crippen LogP) is 2.99. The summed E-state index contributed by atoms with van der Waals surface area (Å²) in [7, 11) is 0. The van der Waals surface area contributed by atoms with Crippen molar-refractivity contribution in [1.82, 2.24) is 5.32 Å². The van der Waals surface area contributed by atoms with E-state index in [1.165, 1.54) is 4.90 Å². The van der Waals surface area contributed by atoms with Crippen molar-refractivity contribution in [2.75, 3.05) is 18.0 Å². The highest BCUT2D eigenvalue weighted by atomic mass is 19.4. The molecule has 0 radical (unpaired) electrons. The first-order valence-electron chi connectivity index (χ1n) is 7.50. The molecule has 2 amide bonds. The van der Waals surface area contributed by atoms with Crippen LogP contribution in [-0.2, 0) is 9.59 Å². The molecular weight excluding hydrogens is 309 g/mol. The minimum Gasteiger partial charge on any atom is -0.347 e. The van der Waals surface area contributed by atoms with E-state index in [0.717, 1.165) is 24.1 Å².